The number of hydrogen-bond acceptors (Lipinski definition) is 2. The number of anilines is 1. The van der Waals surface area contributed by atoms with Crippen LogP contribution in [0.25, 0.3) is 0 Å². The number of nitrogens with one attached hydrogen (secondary N) is 1. The highest BCUT2D eigenvalue weighted by Crippen LogP contribution is 2.19. The third kappa shape index (κ3) is 6.09. The number of nitrogens with zero attached hydrogens (tertiary/aromatic N) is 2. The predicted octanol–water partition coefficient (Wildman–Crippen LogP) is 3.78. The van der Waals surface area contributed by atoms with Gasteiger partial charge in [-0.15, -0.1) is 24.0 Å². The van der Waals surface area contributed by atoms with E-state index in [1.807, 2.05) is 50.2 Å². The van der Waals surface area contributed by atoms with Crippen molar-refractivity contribution in [2.75, 3.05) is 26.0 Å². The zero-order chi connectivity index (χ0) is 16.8. The van der Waals surface area contributed by atoms with Crippen molar-refractivity contribution >= 4 is 35.6 Å². The number of hydrogen-bond donors (Lipinski definition) is 2. The van der Waals surface area contributed by atoms with E-state index < -0.39 is 0 Å². The number of aliphatic imine (C=N–C) groups is 1. The fraction of sp³-hybridized carbons (Fsp3) is 0.278. The molecule has 0 saturated carbocycles. The Morgan fingerprint density at radius 1 is 1.12 bits per heavy atom. The topological polar surface area (TPSA) is 53.6 Å². The van der Waals surface area contributed by atoms with Crippen molar-refractivity contribution in [2.45, 2.75) is 13.0 Å². The Morgan fingerprint density at radius 3 is 2.25 bits per heavy atom. The van der Waals surface area contributed by atoms with E-state index in [1.165, 1.54) is 17.7 Å². The molecular weight excluding hydrogens is 418 g/mol. The van der Waals surface area contributed by atoms with Crippen LogP contribution in [0.1, 0.15) is 17.2 Å². The number of rotatable bonds is 5. The molecule has 2 rings (SSSR count). The molecule has 0 bridgehead atoms. The Labute approximate surface area is 160 Å². The van der Waals surface area contributed by atoms with Crippen LogP contribution in [0.2, 0.25) is 0 Å². The Morgan fingerprint density at radius 2 is 1.71 bits per heavy atom. The molecule has 24 heavy (non-hydrogen) atoms. The SMILES string of the molecule is Cc1ccc(NC(N)=NCC(c2ccc(F)cc2)N(C)C)cc1.I. The quantitative estimate of drug-likeness (QED) is 0.421. The maximum Gasteiger partial charge on any atom is 0.193 e. The monoisotopic (exact) mass is 442 g/mol. The van der Waals surface area contributed by atoms with Gasteiger partial charge in [-0.2, -0.15) is 0 Å². The highest BCUT2D eigenvalue weighted by Gasteiger charge is 2.13. The molecule has 0 radical (unpaired) electrons. The van der Waals surface area contributed by atoms with E-state index in [1.54, 1.807) is 12.1 Å². The molecule has 4 nitrogen and oxygen atoms in total. The van der Waals surface area contributed by atoms with Gasteiger partial charge in [-0.1, -0.05) is 29.8 Å². The van der Waals surface area contributed by atoms with Gasteiger partial charge in [0.05, 0.1) is 12.6 Å². The van der Waals surface area contributed by atoms with Gasteiger partial charge in [0.15, 0.2) is 5.96 Å². The summed E-state index contributed by atoms with van der Waals surface area (Å²) in [5, 5.41) is 3.07. The van der Waals surface area contributed by atoms with Crippen molar-refractivity contribution in [1.29, 1.82) is 0 Å². The van der Waals surface area contributed by atoms with Crippen molar-refractivity contribution < 1.29 is 4.39 Å². The molecule has 0 aromatic heterocycles. The first-order chi connectivity index (χ1) is 11.0. The Kier molecular flexibility index (Phi) is 8.14. The van der Waals surface area contributed by atoms with E-state index in [4.69, 9.17) is 5.73 Å². The van der Waals surface area contributed by atoms with Crippen LogP contribution in [0.3, 0.4) is 0 Å². The fourth-order valence-corrected chi connectivity index (χ4v) is 2.26. The van der Waals surface area contributed by atoms with Crippen LogP contribution in [0.4, 0.5) is 10.1 Å². The molecule has 0 fully saturated rings. The smallest absolute Gasteiger partial charge is 0.193 e. The molecule has 3 N–H and O–H groups in total. The molecule has 1 atom stereocenters. The lowest BCUT2D eigenvalue weighted by Gasteiger charge is -2.23. The van der Waals surface area contributed by atoms with Gasteiger partial charge in [0, 0.05) is 5.69 Å². The molecule has 0 spiro atoms. The second-order valence-electron chi connectivity index (χ2n) is 5.75. The molecule has 0 amide bonds. The zero-order valence-corrected chi connectivity index (χ0v) is 16.5. The highest BCUT2D eigenvalue weighted by atomic mass is 127. The highest BCUT2D eigenvalue weighted by molar-refractivity contribution is 14.0. The van der Waals surface area contributed by atoms with Gasteiger partial charge in [0.25, 0.3) is 0 Å². The second-order valence-corrected chi connectivity index (χ2v) is 5.75. The van der Waals surface area contributed by atoms with Crippen molar-refractivity contribution in [3.05, 3.63) is 65.5 Å². The van der Waals surface area contributed by atoms with Crippen molar-refractivity contribution in [3.8, 4) is 0 Å². The summed E-state index contributed by atoms with van der Waals surface area (Å²) in [6.07, 6.45) is 0. The Hall–Kier alpha value is -1.67. The van der Waals surface area contributed by atoms with Crippen LogP contribution in [-0.4, -0.2) is 31.5 Å². The van der Waals surface area contributed by atoms with E-state index in [9.17, 15) is 4.39 Å². The van der Waals surface area contributed by atoms with Gasteiger partial charge in [-0.05, 0) is 50.8 Å². The van der Waals surface area contributed by atoms with E-state index in [-0.39, 0.29) is 35.8 Å². The second kappa shape index (κ2) is 9.58. The predicted molar refractivity (Wildman–Crippen MR) is 110 cm³/mol. The summed E-state index contributed by atoms with van der Waals surface area (Å²) in [6.45, 7) is 2.52. The Bertz CT molecular complexity index is 654. The van der Waals surface area contributed by atoms with E-state index in [2.05, 4.69) is 10.3 Å². The molecule has 0 aliphatic heterocycles. The summed E-state index contributed by atoms with van der Waals surface area (Å²) in [4.78, 5) is 6.45. The number of halogens is 2. The van der Waals surface area contributed by atoms with Crippen LogP contribution in [0.15, 0.2) is 53.5 Å². The van der Waals surface area contributed by atoms with Gasteiger partial charge in [-0.3, -0.25) is 4.99 Å². The van der Waals surface area contributed by atoms with Crippen LogP contribution >= 0.6 is 24.0 Å². The minimum atomic E-state index is -0.240. The van der Waals surface area contributed by atoms with Crippen LogP contribution in [0, 0.1) is 12.7 Å². The number of guanidine groups is 1. The fourth-order valence-electron chi connectivity index (χ4n) is 2.26. The first-order valence-corrected chi connectivity index (χ1v) is 7.51. The third-order valence-corrected chi connectivity index (χ3v) is 3.64. The average molecular weight is 442 g/mol. The number of aryl methyl sites for hydroxylation is 1. The number of benzene rings is 2. The lowest BCUT2D eigenvalue weighted by Crippen LogP contribution is -2.27. The van der Waals surface area contributed by atoms with Crippen molar-refractivity contribution in [1.82, 2.24) is 4.90 Å². The summed E-state index contributed by atoms with van der Waals surface area (Å²) in [5.74, 6) is 0.123. The van der Waals surface area contributed by atoms with Crippen LogP contribution < -0.4 is 11.1 Å². The van der Waals surface area contributed by atoms with E-state index >= 15 is 0 Å². The minimum absolute atomic E-state index is 0. The maximum absolute atomic E-state index is 13.1. The molecule has 0 aliphatic rings. The number of likely N-dealkylation sites (N-methyl/N-ethyl adjacent to an activating group) is 1. The minimum Gasteiger partial charge on any atom is -0.370 e. The molecular formula is C18H24FIN4. The van der Waals surface area contributed by atoms with Gasteiger partial charge < -0.3 is 16.0 Å². The normalized spacial score (nSPS) is 12.6. The van der Waals surface area contributed by atoms with E-state index in [0.29, 0.717) is 12.5 Å². The van der Waals surface area contributed by atoms with Crippen molar-refractivity contribution in [2.24, 2.45) is 10.7 Å². The van der Waals surface area contributed by atoms with Gasteiger partial charge in [0.2, 0.25) is 0 Å². The van der Waals surface area contributed by atoms with Crippen LogP contribution in [-0.2, 0) is 0 Å². The molecule has 0 saturated heterocycles. The standard InChI is InChI=1S/C18H23FN4.HI/c1-13-4-10-16(11-5-13)22-18(20)21-12-17(23(2)3)14-6-8-15(19)9-7-14;/h4-11,17H,12H2,1-3H3,(H3,20,21,22);1H. The van der Waals surface area contributed by atoms with Gasteiger partial charge >= 0.3 is 0 Å². The maximum atomic E-state index is 13.1. The van der Waals surface area contributed by atoms with Gasteiger partial charge in [0.1, 0.15) is 5.82 Å². The summed E-state index contributed by atoms with van der Waals surface area (Å²) in [6, 6.07) is 14.5. The van der Waals surface area contributed by atoms with E-state index in [0.717, 1.165) is 11.3 Å². The molecule has 2 aromatic carbocycles. The first kappa shape index (κ1) is 20.4. The lowest BCUT2D eigenvalue weighted by molar-refractivity contribution is 0.306. The largest absolute Gasteiger partial charge is 0.370 e. The van der Waals surface area contributed by atoms with Crippen molar-refractivity contribution in [3.63, 3.8) is 0 Å². The molecule has 2 aromatic rings. The summed E-state index contributed by atoms with van der Waals surface area (Å²) < 4.78 is 13.1. The summed E-state index contributed by atoms with van der Waals surface area (Å²) >= 11 is 0. The molecule has 6 heteroatoms. The Balaban J connectivity index is 0.00000288. The molecule has 130 valence electrons. The molecule has 0 heterocycles. The summed E-state index contributed by atoms with van der Waals surface area (Å²) in [5.41, 5.74) is 9.05. The third-order valence-electron chi connectivity index (χ3n) is 3.64. The summed E-state index contributed by atoms with van der Waals surface area (Å²) in [7, 11) is 3.93. The van der Waals surface area contributed by atoms with Gasteiger partial charge in [-0.25, -0.2) is 4.39 Å². The molecule has 1 unspecified atom stereocenters. The number of nitrogens with two attached hydrogens (primary N) is 1. The average Bonchev–Trinajstić information content (AvgIpc) is 2.51. The van der Waals surface area contributed by atoms with Crippen LogP contribution in [0.5, 0.6) is 0 Å². The lowest BCUT2D eigenvalue weighted by atomic mass is 10.1. The zero-order valence-electron chi connectivity index (χ0n) is 14.2. The molecule has 0 aliphatic carbocycles. The first-order valence-electron chi connectivity index (χ1n) is 7.51.